The Morgan fingerprint density at radius 2 is 1.80 bits per heavy atom. The van der Waals surface area contributed by atoms with Crippen molar-refractivity contribution in [3.63, 3.8) is 0 Å². The Bertz CT molecular complexity index is 533. The highest BCUT2D eigenvalue weighted by Crippen LogP contribution is 2.47. The van der Waals surface area contributed by atoms with Crippen molar-refractivity contribution in [2.75, 3.05) is 14.2 Å². The molecule has 1 saturated carbocycles. The minimum absolute atomic E-state index is 0.0206. The van der Waals surface area contributed by atoms with Crippen LogP contribution < -0.4 is 9.47 Å². The third-order valence-corrected chi connectivity index (χ3v) is 4.23. The third-order valence-electron chi connectivity index (χ3n) is 4.23. The minimum atomic E-state index is -1.01. The molecule has 1 fully saturated rings. The number of benzene rings is 1. The van der Waals surface area contributed by atoms with E-state index in [2.05, 4.69) is 0 Å². The monoisotopic (exact) mass is 282 g/mol. The van der Waals surface area contributed by atoms with Gasteiger partial charge in [0.05, 0.1) is 19.6 Å². The van der Waals surface area contributed by atoms with Crippen LogP contribution in [0.2, 0.25) is 0 Å². The number of carbonyl (C=O) groups is 1. The van der Waals surface area contributed by atoms with E-state index in [4.69, 9.17) is 9.47 Å². The van der Waals surface area contributed by atoms with E-state index in [9.17, 15) is 14.3 Å². The zero-order valence-electron chi connectivity index (χ0n) is 12.0. The minimum Gasteiger partial charge on any atom is -0.492 e. The second kappa shape index (κ2) is 5.31. The molecule has 20 heavy (non-hydrogen) atoms. The largest absolute Gasteiger partial charge is 0.492 e. The molecule has 4 nitrogen and oxygen atoms in total. The maximum atomic E-state index is 14.2. The highest BCUT2D eigenvalue weighted by Gasteiger charge is 2.45. The highest BCUT2D eigenvalue weighted by molar-refractivity contribution is 5.83. The number of hydrogen-bond acceptors (Lipinski definition) is 3. The smallest absolute Gasteiger partial charge is 0.314 e. The maximum Gasteiger partial charge on any atom is 0.314 e. The molecule has 1 aromatic carbocycles. The van der Waals surface area contributed by atoms with Gasteiger partial charge in [-0.3, -0.25) is 4.79 Å². The van der Waals surface area contributed by atoms with Crippen LogP contribution in [0, 0.1) is 12.7 Å². The molecule has 0 aliphatic heterocycles. The molecule has 5 heteroatoms. The second-order valence-corrected chi connectivity index (χ2v) is 5.19. The topological polar surface area (TPSA) is 55.8 Å². The Morgan fingerprint density at radius 3 is 2.25 bits per heavy atom. The first-order valence-electron chi connectivity index (χ1n) is 6.63. The average Bonchev–Trinajstić information content (AvgIpc) is 2.91. The van der Waals surface area contributed by atoms with E-state index in [0.29, 0.717) is 24.0 Å². The first-order chi connectivity index (χ1) is 9.47. The van der Waals surface area contributed by atoms with E-state index in [0.717, 1.165) is 12.8 Å². The Balaban J connectivity index is 2.68. The van der Waals surface area contributed by atoms with Crippen molar-refractivity contribution in [3.8, 4) is 11.5 Å². The predicted molar refractivity (Wildman–Crippen MR) is 72.0 cm³/mol. The second-order valence-electron chi connectivity index (χ2n) is 5.19. The van der Waals surface area contributed by atoms with Crippen molar-refractivity contribution in [1.29, 1.82) is 0 Å². The summed E-state index contributed by atoms with van der Waals surface area (Å²) in [4.78, 5) is 11.7. The number of aliphatic carboxylic acids is 1. The summed E-state index contributed by atoms with van der Waals surface area (Å²) < 4.78 is 24.4. The quantitative estimate of drug-likeness (QED) is 0.922. The molecule has 0 saturated heterocycles. The molecule has 0 radical (unpaired) electrons. The Kier molecular flexibility index (Phi) is 3.88. The number of halogens is 1. The zero-order valence-corrected chi connectivity index (χ0v) is 12.0. The lowest BCUT2D eigenvalue weighted by atomic mass is 9.76. The molecular weight excluding hydrogens is 263 g/mol. The Morgan fingerprint density at radius 1 is 1.25 bits per heavy atom. The fourth-order valence-electron chi connectivity index (χ4n) is 3.21. The summed E-state index contributed by atoms with van der Waals surface area (Å²) in [5, 5.41) is 9.63. The van der Waals surface area contributed by atoms with Crippen LogP contribution in [0.25, 0.3) is 0 Å². The molecule has 0 aromatic heterocycles. The van der Waals surface area contributed by atoms with Gasteiger partial charge in [0.2, 0.25) is 0 Å². The van der Waals surface area contributed by atoms with E-state index < -0.39 is 17.2 Å². The van der Waals surface area contributed by atoms with Gasteiger partial charge in [0.15, 0.2) is 17.3 Å². The predicted octanol–water partition coefficient (Wildman–Crippen LogP) is 3.05. The van der Waals surface area contributed by atoms with Gasteiger partial charge in [-0.15, -0.1) is 0 Å². The summed E-state index contributed by atoms with van der Waals surface area (Å²) in [5.74, 6) is -1.19. The first-order valence-corrected chi connectivity index (χ1v) is 6.63. The van der Waals surface area contributed by atoms with Gasteiger partial charge in [-0.1, -0.05) is 12.8 Å². The molecule has 110 valence electrons. The molecular formula is C15H19FO4. The van der Waals surface area contributed by atoms with Crippen LogP contribution in [0.15, 0.2) is 6.07 Å². The number of rotatable bonds is 4. The number of carboxylic acids is 1. The van der Waals surface area contributed by atoms with Crippen LogP contribution in [0.4, 0.5) is 4.39 Å². The van der Waals surface area contributed by atoms with Gasteiger partial charge in [0, 0.05) is 0 Å². The van der Waals surface area contributed by atoms with E-state index in [1.54, 1.807) is 6.92 Å². The summed E-state index contributed by atoms with van der Waals surface area (Å²) >= 11 is 0. The summed E-state index contributed by atoms with van der Waals surface area (Å²) in [7, 11) is 2.79. The van der Waals surface area contributed by atoms with Crippen LogP contribution in [-0.2, 0) is 10.2 Å². The zero-order chi connectivity index (χ0) is 14.9. The molecule has 1 aromatic rings. The highest BCUT2D eigenvalue weighted by atomic mass is 19.1. The standard InChI is InChI=1S/C15H19FO4/c1-9-10(15(14(17)18)6-4-5-7-15)8-11(16)13(20-3)12(9)19-2/h8H,4-7H2,1-3H3,(H,17,18). The number of ether oxygens (including phenoxy) is 2. The molecule has 0 unspecified atom stereocenters. The van der Waals surface area contributed by atoms with Crippen molar-refractivity contribution in [3.05, 3.63) is 23.0 Å². The van der Waals surface area contributed by atoms with Crippen LogP contribution in [-0.4, -0.2) is 25.3 Å². The summed E-state index contributed by atoms with van der Waals surface area (Å²) in [6.07, 6.45) is 2.72. The van der Waals surface area contributed by atoms with Crippen molar-refractivity contribution in [2.24, 2.45) is 0 Å². The molecule has 0 heterocycles. The molecule has 0 atom stereocenters. The fourth-order valence-corrected chi connectivity index (χ4v) is 3.21. The van der Waals surface area contributed by atoms with Crippen molar-refractivity contribution in [2.45, 2.75) is 38.0 Å². The molecule has 0 spiro atoms. The number of hydrogen-bond donors (Lipinski definition) is 1. The SMILES string of the molecule is COc1c(F)cc(C2(C(=O)O)CCCC2)c(C)c1OC. The van der Waals surface area contributed by atoms with E-state index >= 15 is 0 Å². The molecule has 0 amide bonds. The lowest BCUT2D eigenvalue weighted by molar-refractivity contribution is -0.143. The van der Waals surface area contributed by atoms with Crippen molar-refractivity contribution >= 4 is 5.97 Å². The normalized spacial score (nSPS) is 17.0. The van der Waals surface area contributed by atoms with Crippen LogP contribution in [0.3, 0.4) is 0 Å². The number of methoxy groups -OCH3 is 2. The third kappa shape index (κ3) is 2.01. The molecule has 0 bridgehead atoms. The van der Waals surface area contributed by atoms with Crippen LogP contribution >= 0.6 is 0 Å². The first kappa shape index (κ1) is 14.6. The van der Waals surface area contributed by atoms with Crippen LogP contribution in [0.5, 0.6) is 11.5 Å². The van der Waals surface area contributed by atoms with Crippen molar-refractivity contribution < 1.29 is 23.8 Å². The van der Waals surface area contributed by atoms with Gasteiger partial charge in [-0.25, -0.2) is 4.39 Å². The fraction of sp³-hybridized carbons (Fsp3) is 0.533. The van der Waals surface area contributed by atoms with Crippen LogP contribution in [0.1, 0.15) is 36.8 Å². The van der Waals surface area contributed by atoms with Gasteiger partial charge in [-0.05, 0) is 37.0 Å². The lowest BCUT2D eigenvalue weighted by Crippen LogP contribution is -2.33. The van der Waals surface area contributed by atoms with Gasteiger partial charge < -0.3 is 14.6 Å². The van der Waals surface area contributed by atoms with E-state index in [-0.39, 0.29) is 11.5 Å². The van der Waals surface area contributed by atoms with Gasteiger partial charge in [0.25, 0.3) is 0 Å². The van der Waals surface area contributed by atoms with E-state index in [1.807, 2.05) is 0 Å². The van der Waals surface area contributed by atoms with Gasteiger partial charge in [0.1, 0.15) is 0 Å². The molecule has 1 N–H and O–H groups in total. The summed E-state index contributed by atoms with van der Waals surface area (Å²) in [6, 6.07) is 1.29. The Hall–Kier alpha value is -1.78. The maximum absolute atomic E-state index is 14.2. The molecule has 1 aliphatic rings. The number of carboxylic acid groups (broad SMARTS) is 1. The van der Waals surface area contributed by atoms with E-state index in [1.165, 1.54) is 20.3 Å². The average molecular weight is 282 g/mol. The van der Waals surface area contributed by atoms with Gasteiger partial charge in [-0.2, -0.15) is 0 Å². The molecule has 2 rings (SSSR count). The summed E-state index contributed by atoms with van der Waals surface area (Å²) in [5.41, 5.74) is 0.123. The van der Waals surface area contributed by atoms with Gasteiger partial charge >= 0.3 is 5.97 Å². The van der Waals surface area contributed by atoms with Crippen molar-refractivity contribution in [1.82, 2.24) is 0 Å². The lowest BCUT2D eigenvalue weighted by Gasteiger charge is -2.28. The summed E-state index contributed by atoms with van der Waals surface area (Å²) in [6.45, 7) is 1.75. The molecule has 1 aliphatic carbocycles. The Labute approximate surface area is 117 Å².